The Kier molecular flexibility index (Phi) is 4.32. The van der Waals surface area contributed by atoms with Gasteiger partial charge < -0.3 is 5.73 Å². The van der Waals surface area contributed by atoms with Crippen LogP contribution < -0.4 is 5.73 Å². The molecule has 2 N–H and O–H groups in total. The van der Waals surface area contributed by atoms with Crippen molar-refractivity contribution in [3.8, 4) is 0 Å². The maximum atomic E-state index is 12.2. The summed E-state index contributed by atoms with van der Waals surface area (Å²) in [6, 6.07) is 16.4. The minimum atomic E-state index is -3.69. The van der Waals surface area contributed by atoms with Gasteiger partial charge in [-0.3, -0.25) is 4.79 Å². The summed E-state index contributed by atoms with van der Waals surface area (Å²) in [4.78, 5) is 12.1. The van der Waals surface area contributed by atoms with Gasteiger partial charge in [0.1, 0.15) is 5.37 Å². The Bertz CT molecular complexity index is 682. The van der Waals surface area contributed by atoms with Crippen molar-refractivity contribution in [2.45, 2.75) is 16.7 Å². The number of hydrogen-bond acceptors (Lipinski definition) is 4. The van der Waals surface area contributed by atoms with Crippen LogP contribution >= 0.6 is 0 Å². The largest absolute Gasteiger partial charge is 0.314 e. The van der Waals surface area contributed by atoms with E-state index in [0.29, 0.717) is 5.56 Å². The lowest BCUT2D eigenvalue weighted by Gasteiger charge is -2.12. The predicted molar refractivity (Wildman–Crippen MR) is 77.0 cm³/mol. The number of Topliss-reactive ketones (excluding diaryl/α,β-unsaturated/α-hetero) is 1. The monoisotopic (exact) mass is 289 g/mol. The summed E-state index contributed by atoms with van der Waals surface area (Å²) in [6.07, 6.45) is -0.235. The molecular formula is C15H15NO3S. The summed E-state index contributed by atoms with van der Waals surface area (Å²) in [5.74, 6) is -0.280. The van der Waals surface area contributed by atoms with Gasteiger partial charge in [0.25, 0.3) is 0 Å². The van der Waals surface area contributed by atoms with Crippen LogP contribution in [0.15, 0.2) is 65.6 Å². The van der Waals surface area contributed by atoms with Crippen LogP contribution in [-0.4, -0.2) is 19.6 Å². The molecule has 0 aliphatic rings. The summed E-state index contributed by atoms with van der Waals surface area (Å²) >= 11 is 0. The van der Waals surface area contributed by atoms with E-state index < -0.39 is 15.2 Å². The highest BCUT2D eigenvalue weighted by molar-refractivity contribution is 7.92. The highest BCUT2D eigenvalue weighted by Gasteiger charge is 2.26. The quantitative estimate of drug-likeness (QED) is 0.854. The average molecular weight is 289 g/mol. The lowest BCUT2D eigenvalue weighted by atomic mass is 10.1. The van der Waals surface area contributed by atoms with E-state index in [0.717, 1.165) is 0 Å². The zero-order valence-corrected chi connectivity index (χ0v) is 11.6. The Labute approximate surface area is 118 Å². The van der Waals surface area contributed by atoms with Gasteiger partial charge >= 0.3 is 0 Å². The standard InChI is InChI=1S/C15H15NO3S/c16-15(11-14(17)12-7-3-1-4-8-12)20(18,19)13-9-5-2-6-10-13/h1-10,15H,11,16H2. The molecule has 0 aromatic heterocycles. The molecule has 0 saturated heterocycles. The van der Waals surface area contributed by atoms with Crippen LogP contribution in [0.25, 0.3) is 0 Å². The third-order valence-corrected chi connectivity index (χ3v) is 4.85. The minimum absolute atomic E-state index is 0.133. The van der Waals surface area contributed by atoms with Crippen molar-refractivity contribution in [1.82, 2.24) is 0 Å². The van der Waals surface area contributed by atoms with Gasteiger partial charge in [-0.2, -0.15) is 0 Å². The van der Waals surface area contributed by atoms with Gasteiger partial charge in [0, 0.05) is 12.0 Å². The number of nitrogens with two attached hydrogens (primary N) is 1. The molecule has 4 nitrogen and oxygen atoms in total. The number of hydrogen-bond donors (Lipinski definition) is 1. The number of carbonyl (C=O) groups excluding carboxylic acids is 1. The number of ketones is 1. The van der Waals surface area contributed by atoms with Crippen LogP contribution in [0, 0.1) is 0 Å². The highest BCUT2D eigenvalue weighted by Crippen LogP contribution is 2.16. The van der Waals surface area contributed by atoms with E-state index in [9.17, 15) is 13.2 Å². The molecule has 20 heavy (non-hydrogen) atoms. The SMILES string of the molecule is NC(CC(=O)c1ccccc1)S(=O)(=O)c1ccccc1. The highest BCUT2D eigenvalue weighted by atomic mass is 32.2. The van der Waals surface area contributed by atoms with Crippen molar-refractivity contribution >= 4 is 15.6 Å². The zero-order valence-electron chi connectivity index (χ0n) is 10.8. The maximum Gasteiger partial charge on any atom is 0.194 e. The molecule has 0 amide bonds. The third kappa shape index (κ3) is 3.12. The molecule has 0 radical (unpaired) electrons. The van der Waals surface area contributed by atoms with Gasteiger partial charge in [-0.1, -0.05) is 48.5 Å². The first-order valence-corrected chi connectivity index (χ1v) is 7.69. The number of benzene rings is 2. The van der Waals surface area contributed by atoms with Crippen LogP contribution in [0.2, 0.25) is 0 Å². The second-order valence-corrected chi connectivity index (χ2v) is 6.56. The molecule has 0 bridgehead atoms. The Balaban J connectivity index is 2.17. The van der Waals surface area contributed by atoms with Gasteiger partial charge in [0.2, 0.25) is 0 Å². The fourth-order valence-corrected chi connectivity index (χ4v) is 3.08. The molecule has 0 saturated carbocycles. The molecule has 2 rings (SSSR count). The molecule has 5 heteroatoms. The lowest BCUT2D eigenvalue weighted by Crippen LogP contribution is -2.33. The summed E-state index contributed by atoms with van der Waals surface area (Å²) in [7, 11) is -3.69. The van der Waals surface area contributed by atoms with E-state index in [1.165, 1.54) is 12.1 Å². The number of rotatable bonds is 5. The normalized spacial score (nSPS) is 12.8. The zero-order chi connectivity index (χ0) is 14.6. The first-order chi connectivity index (χ1) is 9.51. The van der Waals surface area contributed by atoms with E-state index in [1.807, 2.05) is 0 Å². The summed E-state index contributed by atoms with van der Waals surface area (Å²) in [6.45, 7) is 0. The molecule has 0 heterocycles. The van der Waals surface area contributed by atoms with Gasteiger partial charge in [-0.15, -0.1) is 0 Å². The maximum absolute atomic E-state index is 12.2. The summed E-state index contributed by atoms with van der Waals surface area (Å²) < 4.78 is 24.4. The molecule has 2 aromatic rings. The second-order valence-electron chi connectivity index (χ2n) is 4.39. The fourth-order valence-electron chi connectivity index (χ4n) is 1.82. The average Bonchev–Trinajstić information content (AvgIpc) is 2.49. The molecule has 0 aliphatic heterocycles. The summed E-state index contributed by atoms with van der Waals surface area (Å²) in [5, 5.41) is -1.24. The molecular weight excluding hydrogens is 274 g/mol. The van der Waals surface area contributed by atoms with Gasteiger partial charge in [0.15, 0.2) is 15.6 Å². The van der Waals surface area contributed by atoms with Crippen molar-refractivity contribution in [1.29, 1.82) is 0 Å². The van der Waals surface area contributed by atoms with E-state index in [-0.39, 0.29) is 17.1 Å². The molecule has 1 atom stereocenters. The predicted octanol–water partition coefficient (Wildman–Crippen LogP) is 2.02. The Morgan fingerprint density at radius 3 is 2.00 bits per heavy atom. The van der Waals surface area contributed by atoms with Gasteiger partial charge in [-0.25, -0.2) is 8.42 Å². The van der Waals surface area contributed by atoms with Crippen LogP contribution in [0.1, 0.15) is 16.8 Å². The van der Waals surface area contributed by atoms with Crippen molar-refractivity contribution in [3.63, 3.8) is 0 Å². The van der Waals surface area contributed by atoms with Gasteiger partial charge in [0.05, 0.1) is 4.90 Å². The number of carbonyl (C=O) groups is 1. The van der Waals surface area contributed by atoms with Crippen molar-refractivity contribution in [2.75, 3.05) is 0 Å². The van der Waals surface area contributed by atoms with Crippen molar-refractivity contribution < 1.29 is 13.2 Å². The van der Waals surface area contributed by atoms with Crippen molar-refractivity contribution in [3.05, 3.63) is 66.2 Å². The Hall–Kier alpha value is -1.98. The summed E-state index contributed by atoms with van der Waals surface area (Å²) in [5.41, 5.74) is 6.18. The van der Waals surface area contributed by atoms with E-state index in [2.05, 4.69) is 0 Å². The fraction of sp³-hybridized carbons (Fsp3) is 0.133. The molecule has 104 valence electrons. The Morgan fingerprint density at radius 1 is 0.950 bits per heavy atom. The first kappa shape index (κ1) is 14.4. The molecule has 0 aliphatic carbocycles. The minimum Gasteiger partial charge on any atom is -0.314 e. The smallest absolute Gasteiger partial charge is 0.194 e. The van der Waals surface area contributed by atoms with E-state index in [4.69, 9.17) is 5.73 Å². The Morgan fingerprint density at radius 2 is 1.45 bits per heavy atom. The van der Waals surface area contributed by atoms with E-state index in [1.54, 1.807) is 48.5 Å². The van der Waals surface area contributed by atoms with Crippen LogP contribution in [0.4, 0.5) is 0 Å². The topological polar surface area (TPSA) is 77.2 Å². The molecule has 1 unspecified atom stereocenters. The van der Waals surface area contributed by atoms with Crippen LogP contribution in [-0.2, 0) is 9.84 Å². The third-order valence-electron chi connectivity index (χ3n) is 2.95. The lowest BCUT2D eigenvalue weighted by molar-refractivity contribution is 0.0981. The molecule has 0 spiro atoms. The molecule has 2 aromatic carbocycles. The number of sulfone groups is 1. The van der Waals surface area contributed by atoms with E-state index >= 15 is 0 Å². The van der Waals surface area contributed by atoms with Crippen LogP contribution in [0.3, 0.4) is 0 Å². The first-order valence-electron chi connectivity index (χ1n) is 6.14. The second kappa shape index (κ2) is 5.98. The van der Waals surface area contributed by atoms with Gasteiger partial charge in [-0.05, 0) is 12.1 Å². The van der Waals surface area contributed by atoms with Crippen LogP contribution in [0.5, 0.6) is 0 Å². The van der Waals surface area contributed by atoms with Crippen molar-refractivity contribution in [2.24, 2.45) is 5.73 Å². The molecule has 0 fully saturated rings.